The number of nitrogens with one attached hydrogen (secondary N) is 1. The van der Waals surface area contributed by atoms with Gasteiger partial charge in [0, 0.05) is 12.5 Å². The molecule has 0 radical (unpaired) electrons. The normalized spacial score (nSPS) is 25.3. The second-order valence-corrected chi connectivity index (χ2v) is 7.91. The highest BCUT2D eigenvalue weighted by molar-refractivity contribution is 7.91. The van der Waals surface area contributed by atoms with E-state index in [1.54, 1.807) is 0 Å². The Balaban J connectivity index is 1.86. The summed E-state index contributed by atoms with van der Waals surface area (Å²) in [6, 6.07) is 5.93. The first-order chi connectivity index (χ1) is 10.1. The highest BCUT2D eigenvalue weighted by Gasteiger charge is 2.34. The number of ether oxygens (including phenoxy) is 2. The number of fused-ring (bicyclic) bond motifs is 1. The fraction of sp³-hybridized carbons (Fsp3) is 0.600. The van der Waals surface area contributed by atoms with Crippen LogP contribution in [0.2, 0.25) is 0 Å². The Hall–Kier alpha value is -1.27. The zero-order valence-corrected chi connectivity index (χ0v) is 13.0. The van der Waals surface area contributed by atoms with Gasteiger partial charge in [-0.25, -0.2) is 8.42 Å². The zero-order valence-electron chi connectivity index (χ0n) is 12.2. The fourth-order valence-electron chi connectivity index (χ4n) is 3.13. The molecule has 2 aliphatic heterocycles. The van der Waals surface area contributed by atoms with Crippen LogP contribution in [-0.4, -0.2) is 40.2 Å². The van der Waals surface area contributed by atoms with Crippen molar-refractivity contribution in [1.82, 2.24) is 5.32 Å². The molecule has 1 saturated heterocycles. The van der Waals surface area contributed by atoms with Crippen molar-refractivity contribution >= 4 is 9.84 Å². The molecular weight excluding hydrogens is 290 g/mol. The molecule has 3 rings (SSSR count). The van der Waals surface area contributed by atoms with Gasteiger partial charge in [-0.05, 0) is 37.1 Å². The summed E-state index contributed by atoms with van der Waals surface area (Å²) in [6.45, 7) is 1.32. The van der Waals surface area contributed by atoms with E-state index in [0.29, 0.717) is 25.4 Å². The molecule has 2 atom stereocenters. The highest BCUT2D eigenvalue weighted by atomic mass is 32.2. The van der Waals surface area contributed by atoms with Crippen LogP contribution < -0.4 is 14.8 Å². The topological polar surface area (TPSA) is 64.6 Å². The Bertz CT molecular complexity index is 614. The van der Waals surface area contributed by atoms with E-state index in [2.05, 4.69) is 5.32 Å². The van der Waals surface area contributed by atoms with Crippen molar-refractivity contribution in [3.05, 3.63) is 23.8 Å². The molecule has 0 amide bonds. The SMILES string of the molecule is CNC(c1ccc2c(c1)OCCCO2)C1CCS(=O)(=O)C1. The van der Waals surface area contributed by atoms with Crippen molar-refractivity contribution in [2.45, 2.75) is 18.9 Å². The summed E-state index contributed by atoms with van der Waals surface area (Å²) in [7, 11) is -1.00. The van der Waals surface area contributed by atoms with Crippen LogP contribution >= 0.6 is 0 Å². The van der Waals surface area contributed by atoms with Gasteiger partial charge >= 0.3 is 0 Å². The molecule has 0 saturated carbocycles. The van der Waals surface area contributed by atoms with Crippen molar-refractivity contribution in [3.63, 3.8) is 0 Å². The molecular formula is C15H21NO4S. The lowest BCUT2D eigenvalue weighted by molar-refractivity contribution is 0.296. The quantitative estimate of drug-likeness (QED) is 0.917. The Morgan fingerprint density at radius 3 is 2.67 bits per heavy atom. The Morgan fingerprint density at radius 1 is 1.24 bits per heavy atom. The smallest absolute Gasteiger partial charge is 0.161 e. The maximum absolute atomic E-state index is 11.7. The molecule has 1 aromatic rings. The highest BCUT2D eigenvalue weighted by Crippen LogP contribution is 2.36. The van der Waals surface area contributed by atoms with E-state index in [4.69, 9.17) is 9.47 Å². The molecule has 0 bridgehead atoms. The van der Waals surface area contributed by atoms with E-state index in [1.165, 1.54) is 0 Å². The average molecular weight is 311 g/mol. The predicted molar refractivity (Wildman–Crippen MR) is 80.6 cm³/mol. The van der Waals surface area contributed by atoms with Crippen molar-refractivity contribution in [1.29, 1.82) is 0 Å². The van der Waals surface area contributed by atoms with Gasteiger partial charge in [-0.15, -0.1) is 0 Å². The molecule has 2 aliphatic rings. The van der Waals surface area contributed by atoms with Gasteiger partial charge in [-0.2, -0.15) is 0 Å². The number of hydrogen-bond donors (Lipinski definition) is 1. The maximum Gasteiger partial charge on any atom is 0.161 e. The summed E-state index contributed by atoms with van der Waals surface area (Å²) in [4.78, 5) is 0. The summed E-state index contributed by atoms with van der Waals surface area (Å²) in [5, 5.41) is 3.26. The molecule has 6 heteroatoms. The van der Waals surface area contributed by atoms with E-state index in [9.17, 15) is 8.42 Å². The van der Waals surface area contributed by atoms with Crippen LogP contribution in [0.5, 0.6) is 11.5 Å². The number of sulfone groups is 1. The Labute approximate surface area is 125 Å². The van der Waals surface area contributed by atoms with Gasteiger partial charge in [0.1, 0.15) is 0 Å². The van der Waals surface area contributed by atoms with E-state index in [1.807, 2.05) is 25.2 Å². The lowest BCUT2D eigenvalue weighted by Crippen LogP contribution is -2.26. The standard InChI is InChI=1S/C15H21NO4S/c1-16-15(12-5-8-21(17,18)10-12)11-3-4-13-14(9-11)20-7-2-6-19-13/h3-4,9,12,15-16H,2,5-8,10H2,1H3. The first kappa shape index (κ1) is 14.7. The molecule has 2 heterocycles. The van der Waals surface area contributed by atoms with Crippen LogP contribution in [0.3, 0.4) is 0 Å². The summed E-state index contributed by atoms with van der Waals surface area (Å²) >= 11 is 0. The molecule has 5 nitrogen and oxygen atoms in total. The lowest BCUT2D eigenvalue weighted by atomic mass is 9.92. The van der Waals surface area contributed by atoms with Crippen molar-refractivity contribution in [2.75, 3.05) is 31.8 Å². The molecule has 116 valence electrons. The Kier molecular flexibility index (Phi) is 4.08. The van der Waals surface area contributed by atoms with E-state index < -0.39 is 9.84 Å². The minimum absolute atomic E-state index is 0.0272. The van der Waals surface area contributed by atoms with Gasteiger partial charge in [0.2, 0.25) is 0 Å². The van der Waals surface area contributed by atoms with Crippen LogP contribution in [0.15, 0.2) is 18.2 Å². The van der Waals surface area contributed by atoms with Gasteiger partial charge in [-0.3, -0.25) is 0 Å². The molecule has 1 fully saturated rings. The number of benzene rings is 1. The molecule has 21 heavy (non-hydrogen) atoms. The summed E-state index contributed by atoms with van der Waals surface area (Å²) in [5.74, 6) is 2.19. The largest absolute Gasteiger partial charge is 0.490 e. The third kappa shape index (κ3) is 3.16. The van der Waals surface area contributed by atoms with Crippen LogP contribution in [0.25, 0.3) is 0 Å². The zero-order chi connectivity index (χ0) is 14.9. The third-order valence-electron chi connectivity index (χ3n) is 4.18. The second kappa shape index (κ2) is 5.85. The first-order valence-electron chi connectivity index (χ1n) is 7.36. The summed E-state index contributed by atoms with van der Waals surface area (Å²) in [6.07, 6.45) is 1.59. The number of rotatable bonds is 3. The van der Waals surface area contributed by atoms with Gasteiger partial charge in [0.15, 0.2) is 21.3 Å². The fourth-order valence-corrected chi connectivity index (χ4v) is 4.97. The second-order valence-electron chi connectivity index (χ2n) is 5.69. The predicted octanol–water partition coefficient (Wildman–Crippen LogP) is 1.54. The molecule has 0 aromatic heterocycles. The lowest BCUT2D eigenvalue weighted by Gasteiger charge is -2.23. The van der Waals surface area contributed by atoms with Crippen LogP contribution in [0, 0.1) is 5.92 Å². The van der Waals surface area contributed by atoms with E-state index in [0.717, 1.165) is 23.5 Å². The van der Waals surface area contributed by atoms with E-state index in [-0.39, 0.29) is 17.7 Å². The van der Waals surface area contributed by atoms with Gasteiger partial charge in [-0.1, -0.05) is 6.07 Å². The maximum atomic E-state index is 11.7. The van der Waals surface area contributed by atoms with Gasteiger partial charge < -0.3 is 14.8 Å². The van der Waals surface area contributed by atoms with Crippen molar-refractivity contribution < 1.29 is 17.9 Å². The third-order valence-corrected chi connectivity index (χ3v) is 5.97. The first-order valence-corrected chi connectivity index (χ1v) is 9.18. The van der Waals surface area contributed by atoms with Gasteiger partial charge in [0.05, 0.1) is 24.7 Å². The molecule has 1 aromatic carbocycles. The summed E-state index contributed by atoms with van der Waals surface area (Å²) in [5.41, 5.74) is 1.06. The molecule has 1 N–H and O–H groups in total. The van der Waals surface area contributed by atoms with Crippen LogP contribution in [0.1, 0.15) is 24.4 Å². The van der Waals surface area contributed by atoms with Crippen LogP contribution in [-0.2, 0) is 9.84 Å². The molecule has 2 unspecified atom stereocenters. The van der Waals surface area contributed by atoms with Crippen LogP contribution in [0.4, 0.5) is 0 Å². The van der Waals surface area contributed by atoms with Crippen molar-refractivity contribution in [2.24, 2.45) is 5.92 Å². The summed E-state index contributed by atoms with van der Waals surface area (Å²) < 4.78 is 34.7. The minimum Gasteiger partial charge on any atom is -0.490 e. The Morgan fingerprint density at radius 2 is 2.00 bits per heavy atom. The average Bonchev–Trinajstić information content (AvgIpc) is 2.68. The number of hydrogen-bond acceptors (Lipinski definition) is 5. The minimum atomic E-state index is -2.88. The molecule has 0 spiro atoms. The van der Waals surface area contributed by atoms with Gasteiger partial charge in [0.25, 0.3) is 0 Å². The van der Waals surface area contributed by atoms with E-state index >= 15 is 0 Å². The van der Waals surface area contributed by atoms with Crippen molar-refractivity contribution in [3.8, 4) is 11.5 Å². The monoisotopic (exact) mass is 311 g/mol. The molecule has 0 aliphatic carbocycles.